The molecule has 1 saturated carbocycles. The van der Waals surface area contributed by atoms with Crippen molar-refractivity contribution < 1.29 is 14.3 Å². The average molecular weight is 416 g/mol. The van der Waals surface area contributed by atoms with Crippen LogP contribution in [0.15, 0.2) is 42.1 Å². The first-order valence-electron chi connectivity index (χ1n) is 10.1. The number of aliphatic hydroxyl groups excluding tert-OH is 1. The van der Waals surface area contributed by atoms with Gasteiger partial charge in [0.15, 0.2) is 5.78 Å². The zero-order valence-electron chi connectivity index (χ0n) is 16.2. The molecule has 0 bridgehead atoms. The molecule has 1 saturated heterocycles. The van der Waals surface area contributed by atoms with Crippen molar-refractivity contribution in [1.29, 1.82) is 0 Å². The van der Waals surface area contributed by atoms with Gasteiger partial charge in [0.2, 0.25) is 0 Å². The highest BCUT2D eigenvalue weighted by Crippen LogP contribution is 2.39. The Bertz CT molecular complexity index is 909. The molecule has 154 valence electrons. The Hall–Kier alpha value is -1.96. The van der Waals surface area contributed by atoms with Gasteiger partial charge in [0.1, 0.15) is 5.82 Å². The van der Waals surface area contributed by atoms with E-state index in [0.29, 0.717) is 25.2 Å². The lowest BCUT2D eigenvalue weighted by molar-refractivity contribution is -0.126. The van der Waals surface area contributed by atoms with Gasteiger partial charge in [0.25, 0.3) is 0 Å². The number of aromatic nitrogens is 2. The van der Waals surface area contributed by atoms with Crippen molar-refractivity contribution in [3.8, 4) is 0 Å². The lowest BCUT2D eigenvalue weighted by atomic mass is 9.93. The summed E-state index contributed by atoms with van der Waals surface area (Å²) in [6.45, 7) is 1.74. The highest BCUT2D eigenvalue weighted by atomic mass is 32.1. The molecule has 0 amide bonds. The molecule has 2 heterocycles. The van der Waals surface area contributed by atoms with Crippen molar-refractivity contribution in [3.05, 3.63) is 59.2 Å². The number of carbonyl (C=O) groups excluding carboxylic acids is 1. The first kappa shape index (κ1) is 20.3. The van der Waals surface area contributed by atoms with E-state index in [4.69, 9.17) is 17.7 Å². The van der Waals surface area contributed by atoms with Crippen molar-refractivity contribution in [2.75, 3.05) is 19.7 Å². The molecule has 1 aromatic carbocycles. The van der Waals surface area contributed by atoms with E-state index >= 15 is 0 Å². The summed E-state index contributed by atoms with van der Waals surface area (Å²) >= 11 is 4.73. The summed E-state index contributed by atoms with van der Waals surface area (Å²) in [4.78, 5) is 15.2. The number of benzene rings is 1. The Labute approximate surface area is 175 Å². The van der Waals surface area contributed by atoms with E-state index < -0.39 is 6.04 Å². The molecule has 1 aliphatic carbocycles. The molecule has 2 atom stereocenters. The van der Waals surface area contributed by atoms with Gasteiger partial charge in [-0.3, -0.25) is 14.4 Å². The van der Waals surface area contributed by atoms with Gasteiger partial charge in [-0.25, -0.2) is 4.39 Å². The van der Waals surface area contributed by atoms with Gasteiger partial charge in [0, 0.05) is 36.0 Å². The summed E-state index contributed by atoms with van der Waals surface area (Å²) < 4.78 is 16.3. The lowest BCUT2D eigenvalue weighted by Crippen LogP contribution is -2.42. The molecule has 5 nitrogen and oxygen atoms in total. The van der Waals surface area contributed by atoms with Gasteiger partial charge >= 0.3 is 0 Å². The minimum atomic E-state index is -0.556. The third-order valence-corrected chi connectivity index (χ3v) is 6.23. The van der Waals surface area contributed by atoms with Gasteiger partial charge in [-0.05, 0) is 43.0 Å². The van der Waals surface area contributed by atoms with Gasteiger partial charge in [-0.15, -0.1) is 0 Å². The van der Waals surface area contributed by atoms with Crippen LogP contribution in [0.2, 0.25) is 0 Å². The fourth-order valence-electron chi connectivity index (χ4n) is 3.94. The summed E-state index contributed by atoms with van der Waals surface area (Å²) in [5.41, 5.74) is 2.33. The number of aliphatic hydroxyl groups is 1. The molecular weight excluding hydrogens is 389 g/mol. The molecule has 29 heavy (non-hydrogen) atoms. The van der Waals surface area contributed by atoms with E-state index in [2.05, 4.69) is 10.00 Å². The van der Waals surface area contributed by atoms with Crippen LogP contribution in [0, 0.1) is 11.7 Å². The number of nitrogens with zero attached hydrogens (tertiary/aromatic N) is 3. The van der Waals surface area contributed by atoms with E-state index in [1.165, 1.54) is 6.07 Å². The van der Waals surface area contributed by atoms with Crippen molar-refractivity contribution in [2.24, 2.45) is 5.92 Å². The molecule has 1 aliphatic heterocycles. The highest BCUT2D eigenvalue weighted by molar-refractivity contribution is 7.81. The normalized spacial score (nSPS) is 22.7. The number of carbonyl (C=O) groups is 1. The number of halogens is 1. The Kier molecular flexibility index (Phi) is 6.18. The van der Waals surface area contributed by atoms with Gasteiger partial charge in [-0.2, -0.15) is 17.7 Å². The number of rotatable bonds is 7. The molecule has 0 spiro atoms. The van der Waals surface area contributed by atoms with Crippen LogP contribution in [-0.2, 0) is 11.3 Å². The van der Waals surface area contributed by atoms with Crippen LogP contribution in [0.1, 0.15) is 36.6 Å². The molecule has 2 fully saturated rings. The van der Waals surface area contributed by atoms with Gasteiger partial charge in [0.05, 0.1) is 24.9 Å². The second-order valence-corrected chi connectivity index (χ2v) is 8.45. The van der Waals surface area contributed by atoms with Crippen LogP contribution < -0.4 is 0 Å². The summed E-state index contributed by atoms with van der Waals surface area (Å²) in [6, 6.07) is 7.95. The fourth-order valence-corrected chi connectivity index (χ4v) is 4.22. The SMILES string of the molecule is O=C(C1CC1)C(c1ccccc1F)N1CCC(S)/C(=C\c2ccn(CCO)n2)C1. The maximum absolute atomic E-state index is 14.6. The van der Waals surface area contributed by atoms with E-state index in [-0.39, 0.29) is 29.4 Å². The summed E-state index contributed by atoms with van der Waals surface area (Å²) in [5, 5.41) is 13.6. The third-order valence-electron chi connectivity index (χ3n) is 5.64. The monoisotopic (exact) mass is 415 g/mol. The number of thiol groups is 1. The third kappa shape index (κ3) is 4.63. The van der Waals surface area contributed by atoms with E-state index in [9.17, 15) is 9.18 Å². The first-order valence-corrected chi connectivity index (χ1v) is 10.6. The number of likely N-dealkylation sites (tertiary alicyclic amines) is 1. The Morgan fingerprint density at radius 3 is 2.83 bits per heavy atom. The summed E-state index contributed by atoms with van der Waals surface area (Å²) in [5.74, 6) is -0.151. The smallest absolute Gasteiger partial charge is 0.157 e. The zero-order chi connectivity index (χ0) is 20.4. The second kappa shape index (κ2) is 8.81. The molecule has 0 radical (unpaired) electrons. The average Bonchev–Trinajstić information content (AvgIpc) is 3.47. The van der Waals surface area contributed by atoms with Crippen molar-refractivity contribution >= 4 is 24.5 Å². The van der Waals surface area contributed by atoms with Crippen molar-refractivity contribution in [3.63, 3.8) is 0 Å². The Balaban J connectivity index is 1.60. The molecular formula is C22H26FN3O2S. The first-order chi connectivity index (χ1) is 14.1. The highest BCUT2D eigenvalue weighted by Gasteiger charge is 2.40. The number of ketones is 1. The second-order valence-electron chi connectivity index (χ2n) is 7.82. The molecule has 2 aliphatic rings. The van der Waals surface area contributed by atoms with E-state index in [1.54, 1.807) is 22.9 Å². The van der Waals surface area contributed by atoms with Crippen LogP contribution in [0.3, 0.4) is 0 Å². The van der Waals surface area contributed by atoms with Gasteiger partial charge < -0.3 is 5.11 Å². The van der Waals surface area contributed by atoms with Crippen LogP contribution in [0.25, 0.3) is 6.08 Å². The summed E-state index contributed by atoms with van der Waals surface area (Å²) in [7, 11) is 0. The quantitative estimate of drug-likeness (QED) is 0.683. The number of piperidine rings is 1. The standard InChI is InChI=1S/C22H26FN3O2S/c23-19-4-2-1-3-18(19)21(22(28)15-5-6-15)25-9-8-20(29)16(14-25)13-17-7-10-26(24-17)11-12-27/h1-4,7,10,13,15,20-21,27,29H,5-6,8-9,11-12,14H2/b16-13-. The molecule has 4 rings (SSSR count). The number of hydrogen-bond donors (Lipinski definition) is 2. The minimum Gasteiger partial charge on any atom is -0.394 e. The predicted octanol–water partition coefficient (Wildman–Crippen LogP) is 3.12. The predicted molar refractivity (Wildman–Crippen MR) is 113 cm³/mol. The summed E-state index contributed by atoms with van der Waals surface area (Å²) in [6.07, 6.45) is 6.41. The van der Waals surface area contributed by atoms with Gasteiger partial charge in [-0.1, -0.05) is 18.2 Å². The largest absolute Gasteiger partial charge is 0.394 e. The Morgan fingerprint density at radius 2 is 2.10 bits per heavy atom. The minimum absolute atomic E-state index is 0.0360. The van der Waals surface area contributed by atoms with Crippen molar-refractivity contribution in [2.45, 2.75) is 37.1 Å². The van der Waals surface area contributed by atoms with Crippen LogP contribution >= 0.6 is 12.6 Å². The number of Topliss-reactive ketones (excluding diaryl/α,β-unsaturated/α-hetero) is 1. The number of hydrogen-bond acceptors (Lipinski definition) is 5. The molecule has 2 aromatic rings. The van der Waals surface area contributed by atoms with E-state index in [0.717, 1.165) is 30.5 Å². The van der Waals surface area contributed by atoms with Crippen molar-refractivity contribution in [1.82, 2.24) is 14.7 Å². The lowest BCUT2D eigenvalue weighted by Gasteiger charge is -2.37. The van der Waals surface area contributed by atoms with Crippen LogP contribution in [-0.4, -0.2) is 50.5 Å². The van der Waals surface area contributed by atoms with Crippen LogP contribution in [0.4, 0.5) is 4.39 Å². The van der Waals surface area contributed by atoms with E-state index in [1.807, 2.05) is 18.3 Å². The maximum Gasteiger partial charge on any atom is 0.157 e. The molecule has 1 aromatic heterocycles. The zero-order valence-corrected chi connectivity index (χ0v) is 17.1. The molecule has 2 unspecified atom stereocenters. The topological polar surface area (TPSA) is 58.4 Å². The fraction of sp³-hybridized carbons (Fsp3) is 0.455. The maximum atomic E-state index is 14.6. The van der Waals surface area contributed by atoms with Crippen LogP contribution in [0.5, 0.6) is 0 Å². The Morgan fingerprint density at radius 1 is 1.31 bits per heavy atom. The molecule has 1 N–H and O–H groups in total. The molecule has 7 heteroatoms.